The third kappa shape index (κ3) is 2.82. The summed E-state index contributed by atoms with van der Waals surface area (Å²) in [6.45, 7) is 2.71. The fourth-order valence-electron chi connectivity index (χ4n) is 2.27. The largest absolute Gasteiger partial charge is 0.453 e. The molecular formula is C13H16N2O4S. The predicted molar refractivity (Wildman–Crippen MR) is 74.7 cm³/mol. The predicted octanol–water partition coefficient (Wildman–Crippen LogP) is 1.23. The molecule has 1 aliphatic rings. The molecule has 0 fully saturated rings. The Balaban J connectivity index is 2.20. The van der Waals surface area contributed by atoms with Crippen LogP contribution in [0.2, 0.25) is 0 Å². The van der Waals surface area contributed by atoms with Gasteiger partial charge in [-0.15, -0.1) is 11.3 Å². The molecule has 1 aliphatic carbocycles. The van der Waals surface area contributed by atoms with E-state index in [0.29, 0.717) is 10.6 Å². The molecule has 1 aromatic rings. The number of fused-ring (bicyclic) bond motifs is 1. The summed E-state index contributed by atoms with van der Waals surface area (Å²) in [7, 11) is 0. The van der Waals surface area contributed by atoms with E-state index >= 15 is 0 Å². The van der Waals surface area contributed by atoms with Gasteiger partial charge in [0.25, 0.3) is 11.8 Å². The third-order valence-corrected chi connectivity index (χ3v) is 4.32. The van der Waals surface area contributed by atoms with Crippen LogP contribution in [-0.2, 0) is 27.2 Å². The molecule has 2 amide bonds. The molecule has 108 valence electrons. The molecular weight excluding hydrogens is 280 g/mol. The van der Waals surface area contributed by atoms with Crippen molar-refractivity contribution < 1.29 is 19.1 Å². The number of nitrogens with two attached hydrogens (primary N) is 1. The van der Waals surface area contributed by atoms with Crippen molar-refractivity contribution in [3.63, 3.8) is 0 Å². The van der Waals surface area contributed by atoms with Crippen LogP contribution in [0.3, 0.4) is 0 Å². The zero-order valence-corrected chi connectivity index (χ0v) is 12.1. The molecule has 0 aromatic carbocycles. The normalized spacial score (nSPS) is 14.5. The lowest BCUT2D eigenvalue weighted by Crippen LogP contribution is -2.29. The second kappa shape index (κ2) is 5.62. The fourth-order valence-corrected chi connectivity index (χ4v) is 3.57. The molecule has 2 rings (SSSR count). The minimum absolute atomic E-state index is 0.394. The number of nitrogens with one attached hydrogen (secondary N) is 1. The van der Waals surface area contributed by atoms with Gasteiger partial charge in [-0.3, -0.25) is 14.4 Å². The van der Waals surface area contributed by atoms with Gasteiger partial charge >= 0.3 is 5.97 Å². The van der Waals surface area contributed by atoms with E-state index in [1.54, 1.807) is 0 Å². The Kier molecular flexibility index (Phi) is 4.08. The zero-order valence-electron chi connectivity index (χ0n) is 11.3. The number of carbonyl (C=O) groups is 3. The molecule has 7 heteroatoms. The van der Waals surface area contributed by atoms with Crippen molar-refractivity contribution >= 4 is 34.1 Å². The minimum Gasteiger partial charge on any atom is -0.453 e. The molecule has 20 heavy (non-hydrogen) atoms. The molecule has 0 radical (unpaired) electrons. The van der Waals surface area contributed by atoms with E-state index in [4.69, 9.17) is 10.5 Å². The molecule has 3 N–H and O–H groups in total. The smallest absolute Gasteiger partial charge is 0.303 e. The molecule has 0 spiro atoms. The van der Waals surface area contributed by atoms with E-state index in [0.717, 1.165) is 29.7 Å². The first kappa shape index (κ1) is 14.5. The summed E-state index contributed by atoms with van der Waals surface area (Å²) in [5, 5.41) is 3.08. The van der Waals surface area contributed by atoms with Crippen molar-refractivity contribution in [1.82, 2.24) is 0 Å². The minimum atomic E-state index is -0.912. The Morgan fingerprint density at radius 3 is 2.65 bits per heavy atom. The summed E-state index contributed by atoms with van der Waals surface area (Å²) in [5.74, 6) is -1.54. The number of esters is 1. The number of hydrogen-bond acceptors (Lipinski definition) is 5. The number of rotatable bonds is 4. The van der Waals surface area contributed by atoms with Gasteiger partial charge in [-0.05, 0) is 31.7 Å². The summed E-state index contributed by atoms with van der Waals surface area (Å²) in [6.07, 6.45) is 1.79. The van der Waals surface area contributed by atoms with Gasteiger partial charge in [-0.25, -0.2) is 0 Å². The van der Waals surface area contributed by atoms with Crippen LogP contribution in [-0.4, -0.2) is 23.9 Å². The SMILES string of the molecule is CC(=O)O[C@@H](C)C(=O)Nc1sc2c(c1C(N)=O)CCC2. The van der Waals surface area contributed by atoms with Crippen LogP contribution < -0.4 is 11.1 Å². The van der Waals surface area contributed by atoms with Gasteiger partial charge in [0.1, 0.15) is 5.00 Å². The Labute approximate surface area is 120 Å². The zero-order chi connectivity index (χ0) is 14.9. The van der Waals surface area contributed by atoms with Crippen LogP contribution in [0, 0.1) is 0 Å². The van der Waals surface area contributed by atoms with Crippen molar-refractivity contribution in [3.05, 3.63) is 16.0 Å². The molecule has 0 aliphatic heterocycles. The maximum atomic E-state index is 11.9. The summed E-state index contributed by atoms with van der Waals surface area (Å²) < 4.78 is 4.80. The van der Waals surface area contributed by atoms with Gasteiger partial charge in [0, 0.05) is 11.8 Å². The summed E-state index contributed by atoms with van der Waals surface area (Å²) in [4.78, 5) is 35.4. The average Bonchev–Trinajstić information content (AvgIpc) is 2.86. The first-order chi connectivity index (χ1) is 9.40. The fraction of sp³-hybridized carbons (Fsp3) is 0.462. The third-order valence-electron chi connectivity index (χ3n) is 3.12. The van der Waals surface area contributed by atoms with Gasteiger partial charge < -0.3 is 15.8 Å². The van der Waals surface area contributed by atoms with Gasteiger partial charge in [-0.1, -0.05) is 0 Å². The monoisotopic (exact) mass is 296 g/mol. The van der Waals surface area contributed by atoms with E-state index in [9.17, 15) is 14.4 Å². The lowest BCUT2D eigenvalue weighted by atomic mass is 10.1. The van der Waals surface area contributed by atoms with Crippen molar-refractivity contribution in [1.29, 1.82) is 0 Å². The van der Waals surface area contributed by atoms with Crippen LogP contribution in [0.1, 0.15) is 41.1 Å². The Hall–Kier alpha value is -1.89. The first-order valence-electron chi connectivity index (χ1n) is 6.32. The summed E-state index contributed by atoms with van der Waals surface area (Å²) in [5.41, 5.74) is 6.73. The number of anilines is 1. The molecule has 1 aromatic heterocycles. The highest BCUT2D eigenvalue weighted by Gasteiger charge is 2.27. The molecule has 0 saturated carbocycles. The van der Waals surface area contributed by atoms with Crippen LogP contribution in [0.15, 0.2) is 0 Å². The molecule has 1 atom stereocenters. The lowest BCUT2D eigenvalue weighted by molar-refractivity contribution is -0.150. The van der Waals surface area contributed by atoms with Crippen LogP contribution in [0.25, 0.3) is 0 Å². The number of primary amides is 1. The van der Waals surface area contributed by atoms with Crippen molar-refractivity contribution in [3.8, 4) is 0 Å². The molecule has 0 saturated heterocycles. The van der Waals surface area contributed by atoms with Gasteiger partial charge in [0.2, 0.25) is 0 Å². The molecule has 1 heterocycles. The number of hydrogen-bond donors (Lipinski definition) is 2. The summed E-state index contributed by atoms with van der Waals surface area (Å²) >= 11 is 1.37. The highest BCUT2D eigenvalue weighted by molar-refractivity contribution is 7.17. The van der Waals surface area contributed by atoms with Crippen molar-refractivity contribution in [2.75, 3.05) is 5.32 Å². The van der Waals surface area contributed by atoms with E-state index in [1.165, 1.54) is 25.2 Å². The number of ether oxygens (including phenoxy) is 1. The van der Waals surface area contributed by atoms with E-state index in [-0.39, 0.29) is 0 Å². The number of thiophene rings is 1. The average molecular weight is 296 g/mol. The first-order valence-corrected chi connectivity index (χ1v) is 7.14. The van der Waals surface area contributed by atoms with Gasteiger partial charge in [-0.2, -0.15) is 0 Å². The molecule has 0 unspecified atom stereocenters. The van der Waals surface area contributed by atoms with Crippen LogP contribution in [0.5, 0.6) is 0 Å². The topological polar surface area (TPSA) is 98.5 Å². The van der Waals surface area contributed by atoms with Crippen molar-refractivity contribution in [2.45, 2.75) is 39.2 Å². The van der Waals surface area contributed by atoms with Crippen LogP contribution in [0.4, 0.5) is 5.00 Å². The number of aryl methyl sites for hydroxylation is 1. The Morgan fingerprint density at radius 2 is 2.05 bits per heavy atom. The number of carbonyl (C=O) groups excluding carboxylic acids is 3. The Bertz CT molecular complexity index is 579. The molecule has 0 bridgehead atoms. The van der Waals surface area contributed by atoms with E-state index < -0.39 is 23.9 Å². The maximum Gasteiger partial charge on any atom is 0.303 e. The standard InChI is InChI=1S/C13H16N2O4S/c1-6(19-7(2)16)12(18)15-13-10(11(14)17)8-4-3-5-9(8)20-13/h6H,3-5H2,1-2H3,(H2,14,17)(H,15,18)/t6-/m0/s1. The van der Waals surface area contributed by atoms with Crippen LogP contribution >= 0.6 is 11.3 Å². The highest BCUT2D eigenvalue weighted by atomic mass is 32.1. The Morgan fingerprint density at radius 1 is 1.35 bits per heavy atom. The lowest BCUT2D eigenvalue weighted by Gasteiger charge is -2.12. The van der Waals surface area contributed by atoms with Crippen molar-refractivity contribution in [2.24, 2.45) is 5.73 Å². The summed E-state index contributed by atoms with van der Waals surface area (Å²) in [6, 6.07) is 0. The number of amides is 2. The maximum absolute atomic E-state index is 11.9. The highest BCUT2D eigenvalue weighted by Crippen LogP contribution is 2.38. The second-order valence-corrected chi connectivity index (χ2v) is 5.77. The molecule has 6 nitrogen and oxygen atoms in total. The quantitative estimate of drug-likeness (QED) is 0.816. The second-order valence-electron chi connectivity index (χ2n) is 4.67. The van der Waals surface area contributed by atoms with Gasteiger partial charge in [0.05, 0.1) is 5.56 Å². The van der Waals surface area contributed by atoms with Gasteiger partial charge in [0.15, 0.2) is 6.10 Å². The van der Waals surface area contributed by atoms with E-state index in [1.807, 2.05) is 0 Å². The van der Waals surface area contributed by atoms with E-state index in [2.05, 4.69) is 5.32 Å².